The predicted octanol–water partition coefficient (Wildman–Crippen LogP) is 1.90. The second-order valence-electron chi connectivity index (χ2n) is 4.78. The van der Waals surface area contributed by atoms with Gasteiger partial charge in [-0.1, -0.05) is 0 Å². The highest BCUT2D eigenvalue weighted by atomic mass is 16.6. The number of benzene rings is 1. The van der Waals surface area contributed by atoms with E-state index in [0.717, 1.165) is 0 Å². The van der Waals surface area contributed by atoms with Gasteiger partial charge in [0.1, 0.15) is 11.4 Å². The highest BCUT2D eigenvalue weighted by molar-refractivity contribution is 5.74. The van der Waals surface area contributed by atoms with E-state index in [1.54, 1.807) is 24.0 Å². The third-order valence-corrected chi connectivity index (χ3v) is 3.76. The summed E-state index contributed by atoms with van der Waals surface area (Å²) in [5.74, 6) is -0.963. The summed E-state index contributed by atoms with van der Waals surface area (Å²) in [4.78, 5) is 23.6. The molecule has 0 aromatic heterocycles. The highest BCUT2D eigenvalue weighted by Crippen LogP contribution is 2.37. The van der Waals surface area contributed by atoms with Crippen LogP contribution < -0.4 is 9.64 Å². The molecule has 1 fully saturated rings. The maximum Gasteiger partial charge on any atom is 0.308 e. The lowest BCUT2D eigenvalue weighted by molar-refractivity contribution is -0.384. The minimum Gasteiger partial charge on any atom is -0.496 e. The van der Waals surface area contributed by atoms with Gasteiger partial charge in [-0.3, -0.25) is 14.9 Å². The van der Waals surface area contributed by atoms with Crippen LogP contribution in [0.15, 0.2) is 18.2 Å². The summed E-state index contributed by atoms with van der Waals surface area (Å²) in [6.45, 7) is 2.27. The van der Waals surface area contributed by atoms with Gasteiger partial charge in [-0.25, -0.2) is 0 Å². The van der Waals surface area contributed by atoms with E-state index < -0.39 is 16.8 Å². The second-order valence-corrected chi connectivity index (χ2v) is 4.78. The molecular weight excluding hydrogens is 264 g/mol. The molecule has 108 valence electrons. The number of nitro groups is 1. The van der Waals surface area contributed by atoms with Crippen molar-refractivity contribution in [1.29, 1.82) is 0 Å². The van der Waals surface area contributed by atoms with Crippen molar-refractivity contribution < 1.29 is 19.6 Å². The number of ether oxygens (including phenoxy) is 1. The number of carboxylic acids is 1. The Kier molecular flexibility index (Phi) is 3.78. The Morgan fingerprint density at radius 3 is 2.75 bits per heavy atom. The summed E-state index contributed by atoms with van der Waals surface area (Å²) in [6.07, 6.45) is 0.486. The minimum atomic E-state index is -0.865. The molecule has 1 aromatic rings. The third kappa shape index (κ3) is 2.38. The lowest BCUT2D eigenvalue weighted by Gasteiger charge is -2.25. The molecule has 0 radical (unpaired) electrons. The third-order valence-electron chi connectivity index (χ3n) is 3.76. The summed E-state index contributed by atoms with van der Waals surface area (Å²) < 4.78 is 4.99. The van der Waals surface area contributed by atoms with E-state index in [-0.39, 0.29) is 11.7 Å². The average Bonchev–Trinajstić information content (AvgIpc) is 2.79. The molecule has 2 atom stereocenters. The average molecular weight is 280 g/mol. The summed E-state index contributed by atoms with van der Waals surface area (Å²) in [7, 11) is 1.44. The first-order chi connectivity index (χ1) is 9.45. The molecule has 1 heterocycles. The summed E-state index contributed by atoms with van der Waals surface area (Å²) in [5.41, 5.74) is 0.370. The number of aliphatic carboxylic acids is 1. The van der Waals surface area contributed by atoms with E-state index in [4.69, 9.17) is 9.84 Å². The summed E-state index contributed by atoms with van der Waals surface area (Å²) in [6, 6.07) is 4.33. The fraction of sp³-hybridized carbons (Fsp3) is 0.462. The number of nitro benzene ring substituents is 1. The quantitative estimate of drug-likeness (QED) is 0.669. The van der Waals surface area contributed by atoms with Crippen LogP contribution in [0.3, 0.4) is 0 Å². The Morgan fingerprint density at radius 1 is 1.55 bits per heavy atom. The Balaban J connectivity index is 2.38. The SMILES string of the molecule is COc1ccc(N2CCC(C(=O)O)C2C)c([N+](=O)[O-])c1. The van der Waals surface area contributed by atoms with Gasteiger partial charge in [-0.05, 0) is 25.5 Å². The van der Waals surface area contributed by atoms with E-state index in [2.05, 4.69) is 0 Å². The number of nitrogens with zero attached hydrogens (tertiary/aromatic N) is 2. The number of carbonyl (C=O) groups is 1. The molecule has 1 aliphatic rings. The van der Waals surface area contributed by atoms with Gasteiger partial charge in [0.05, 0.1) is 24.0 Å². The molecule has 0 amide bonds. The molecule has 1 aromatic carbocycles. The number of anilines is 1. The van der Waals surface area contributed by atoms with Crippen LogP contribution in [-0.2, 0) is 4.79 Å². The van der Waals surface area contributed by atoms with Crippen LogP contribution in [0.4, 0.5) is 11.4 Å². The monoisotopic (exact) mass is 280 g/mol. The molecule has 0 saturated carbocycles. The van der Waals surface area contributed by atoms with Gasteiger partial charge in [0.2, 0.25) is 0 Å². The molecule has 0 spiro atoms. The van der Waals surface area contributed by atoms with Gasteiger partial charge in [0.25, 0.3) is 5.69 Å². The molecule has 1 saturated heterocycles. The van der Waals surface area contributed by atoms with Gasteiger partial charge in [0, 0.05) is 12.6 Å². The smallest absolute Gasteiger partial charge is 0.308 e. The molecular formula is C13H16N2O5. The molecule has 1 N–H and O–H groups in total. The van der Waals surface area contributed by atoms with E-state index in [0.29, 0.717) is 24.4 Å². The van der Waals surface area contributed by atoms with Crippen molar-refractivity contribution in [1.82, 2.24) is 0 Å². The molecule has 20 heavy (non-hydrogen) atoms. The Hall–Kier alpha value is -2.31. The van der Waals surface area contributed by atoms with Crippen LogP contribution >= 0.6 is 0 Å². The molecule has 7 heteroatoms. The van der Waals surface area contributed by atoms with Crippen molar-refractivity contribution >= 4 is 17.3 Å². The van der Waals surface area contributed by atoms with Crippen LogP contribution in [0.1, 0.15) is 13.3 Å². The van der Waals surface area contributed by atoms with Gasteiger partial charge in [-0.2, -0.15) is 0 Å². The zero-order chi connectivity index (χ0) is 14.9. The maximum atomic E-state index is 11.2. The van der Waals surface area contributed by atoms with Crippen molar-refractivity contribution in [3.05, 3.63) is 28.3 Å². The number of methoxy groups -OCH3 is 1. The predicted molar refractivity (Wildman–Crippen MR) is 72.2 cm³/mol. The summed E-state index contributed by atoms with van der Waals surface area (Å²) in [5, 5.41) is 20.3. The Labute approximate surface area is 115 Å². The lowest BCUT2D eigenvalue weighted by atomic mass is 10.0. The molecule has 7 nitrogen and oxygen atoms in total. The van der Waals surface area contributed by atoms with E-state index in [9.17, 15) is 14.9 Å². The lowest BCUT2D eigenvalue weighted by Crippen LogP contribution is -2.33. The van der Waals surface area contributed by atoms with Crippen molar-refractivity contribution in [3.63, 3.8) is 0 Å². The Bertz CT molecular complexity index is 546. The molecule has 2 rings (SSSR count). The minimum absolute atomic E-state index is 0.0674. The molecule has 1 aliphatic heterocycles. The first-order valence-electron chi connectivity index (χ1n) is 6.27. The fourth-order valence-electron chi connectivity index (χ4n) is 2.63. The maximum absolute atomic E-state index is 11.2. The van der Waals surface area contributed by atoms with Crippen molar-refractivity contribution in [2.24, 2.45) is 5.92 Å². The topological polar surface area (TPSA) is 92.9 Å². The highest BCUT2D eigenvalue weighted by Gasteiger charge is 2.38. The van der Waals surface area contributed by atoms with Gasteiger partial charge in [-0.15, -0.1) is 0 Å². The largest absolute Gasteiger partial charge is 0.496 e. The van der Waals surface area contributed by atoms with E-state index >= 15 is 0 Å². The van der Waals surface area contributed by atoms with Crippen LogP contribution in [0, 0.1) is 16.0 Å². The van der Waals surface area contributed by atoms with Crippen molar-refractivity contribution in [2.75, 3.05) is 18.6 Å². The number of carboxylic acid groups (broad SMARTS) is 1. The van der Waals surface area contributed by atoms with Gasteiger partial charge >= 0.3 is 5.97 Å². The summed E-state index contributed by atoms with van der Waals surface area (Å²) >= 11 is 0. The second kappa shape index (κ2) is 5.36. The molecule has 0 bridgehead atoms. The molecule has 2 unspecified atom stereocenters. The van der Waals surface area contributed by atoms with Crippen LogP contribution in [-0.4, -0.2) is 35.7 Å². The standard InChI is InChI=1S/C13H16N2O5/c1-8-10(13(16)17)5-6-14(8)11-4-3-9(20-2)7-12(11)15(18)19/h3-4,7-8,10H,5-6H2,1-2H3,(H,16,17). The zero-order valence-corrected chi connectivity index (χ0v) is 11.3. The first kappa shape index (κ1) is 14.1. The van der Waals surface area contributed by atoms with Crippen LogP contribution in [0.2, 0.25) is 0 Å². The van der Waals surface area contributed by atoms with Gasteiger partial charge < -0.3 is 14.7 Å². The van der Waals surface area contributed by atoms with Crippen molar-refractivity contribution in [3.8, 4) is 5.75 Å². The zero-order valence-electron chi connectivity index (χ0n) is 11.3. The van der Waals surface area contributed by atoms with Crippen LogP contribution in [0.25, 0.3) is 0 Å². The Morgan fingerprint density at radius 2 is 2.25 bits per heavy atom. The number of hydrogen-bond acceptors (Lipinski definition) is 5. The number of rotatable bonds is 4. The molecule has 0 aliphatic carbocycles. The van der Waals surface area contributed by atoms with Gasteiger partial charge in [0.15, 0.2) is 0 Å². The number of hydrogen-bond donors (Lipinski definition) is 1. The van der Waals surface area contributed by atoms with E-state index in [1.807, 2.05) is 0 Å². The van der Waals surface area contributed by atoms with E-state index in [1.165, 1.54) is 13.2 Å². The normalized spacial score (nSPS) is 21.8. The van der Waals surface area contributed by atoms with Crippen LogP contribution in [0.5, 0.6) is 5.75 Å². The van der Waals surface area contributed by atoms with Crippen molar-refractivity contribution in [2.45, 2.75) is 19.4 Å². The fourth-order valence-corrected chi connectivity index (χ4v) is 2.63. The first-order valence-corrected chi connectivity index (χ1v) is 6.27.